The van der Waals surface area contributed by atoms with Gasteiger partial charge in [-0.1, -0.05) is 18.2 Å². The van der Waals surface area contributed by atoms with Gasteiger partial charge in [-0.2, -0.15) is 5.10 Å². The molecule has 0 spiro atoms. The van der Waals surface area contributed by atoms with Crippen molar-refractivity contribution in [3.05, 3.63) is 72.1 Å². The fourth-order valence-electron chi connectivity index (χ4n) is 3.64. The molecule has 2 aromatic carbocycles. The molecule has 0 unspecified atom stereocenters. The summed E-state index contributed by atoms with van der Waals surface area (Å²) in [5.74, 6) is 1.38. The monoisotopic (exact) mass is 414 g/mol. The topological polar surface area (TPSA) is 78.3 Å². The molecule has 1 aliphatic rings. The Labute approximate surface area is 179 Å². The first kappa shape index (κ1) is 19.1. The summed E-state index contributed by atoms with van der Waals surface area (Å²) in [5.41, 5.74) is 3.77. The Kier molecular flexibility index (Phi) is 4.78. The highest BCUT2D eigenvalue weighted by Gasteiger charge is 2.30. The van der Waals surface area contributed by atoms with Gasteiger partial charge in [0.2, 0.25) is 0 Å². The average molecular weight is 414 g/mol. The van der Waals surface area contributed by atoms with E-state index in [0.717, 1.165) is 35.3 Å². The molecule has 156 valence electrons. The lowest BCUT2D eigenvalue weighted by Crippen LogP contribution is -2.12. The summed E-state index contributed by atoms with van der Waals surface area (Å²) in [6.45, 7) is 0. The molecular formula is C24H22N4O3. The summed E-state index contributed by atoms with van der Waals surface area (Å²) < 4.78 is 12.4. The molecule has 1 amide bonds. The van der Waals surface area contributed by atoms with Crippen molar-refractivity contribution < 1.29 is 14.3 Å². The van der Waals surface area contributed by atoms with Crippen LogP contribution in [-0.2, 0) is 0 Å². The van der Waals surface area contributed by atoms with Gasteiger partial charge in [0.1, 0.15) is 11.5 Å². The third-order valence-electron chi connectivity index (χ3n) is 5.39. The van der Waals surface area contributed by atoms with Crippen molar-refractivity contribution in [1.82, 2.24) is 14.8 Å². The van der Waals surface area contributed by atoms with E-state index in [1.165, 1.54) is 0 Å². The minimum atomic E-state index is -0.251. The van der Waals surface area contributed by atoms with Gasteiger partial charge in [-0.15, -0.1) is 0 Å². The van der Waals surface area contributed by atoms with Crippen LogP contribution in [0.15, 0.2) is 60.8 Å². The molecule has 0 atom stereocenters. The van der Waals surface area contributed by atoms with Crippen LogP contribution in [-0.4, -0.2) is 34.9 Å². The van der Waals surface area contributed by atoms with Gasteiger partial charge in [0.05, 0.1) is 31.2 Å². The molecule has 0 saturated heterocycles. The first-order chi connectivity index (χ1) is 15.2. The standard InChI is InChI=1S/C24H22N4O3/c1-30-19-11-17(12-20(13-19)31-2)26-24(29)16-10-21-22(15-8-9-15)27-28(23(21)25-14-16)18-6-4-3-5-7-18/h3-7,10-15H,8-9H2,1-2H3,(H,26,29). The zero-order valence-corrected chi connectivity index (χ0v) is 17.3. The van der Waals surface area contributed by atoms with Crippen molar-refractivity contribution in [2.45, 2.75) is 18.8 Å². The Hall–Kier alpha value is -3.87. The Morgan fingerprint density at radius 2 is 1.74 bits per heavy atom. The summed E-state index contributed by atoms with van der Waals surface area (Å²) in [7, 11) is 3.14. The van der Waals surface area contributed by atoms with Crippen LogP contribution in [0.2, 0.25) is 0 Å². The second-order valence-electron chi connectivity index (χ2n) is 7.56. The van der Waals surface area contributed by atoms with Gasteiger partial charge in [-0.05, 0) is 31.0 Å². The van der Waals surface area contributed by atoms with Crippen LogP contribution < -0.4 is 14.8 Å². The van der Waals surface area contributed by atoms with Gasteiger partial charge in [0.15, 0.2) is 5.65 Å². The second kappa shape index (κ2) is 7.75. The zero-order valence-electron chi connectivity index (χ0n) is 17.3. The number of hydrogen-bond acceptors (Lipinski definition) is 5. The number of nitrogens with zero attached hydrogens (tertiary/aromatic N) is 3. The lowest BCUT2D eigenvalue weighted by Gasteiger charge is -2.10. The first-order valence-corrected chi connectivity index (χ1v) is 10.1. The fraction of sp³-hybridized carbons (Fsp3) is 0.208. The number of amides is 1. The molecule has 4 aromatic rings. The number of ether oxygens (including phenoxy) is 2. The number of benzene rings is 2. The van der Waals surface area contributed by atoms with Gasteiger partial charge >= 0.3 is 0 Å². The maximum atomic E-state index is 13.0. The summed E-state index contributed by atoms with van der Waals surface area (Å²) >= 11 is 0. The van der Waals surface area contributed by atoms with Crippen LogP contribution in [0.5, 0.6) is 11.5 Å². The van der Waals surface area contributed by atoms with Crippen LogP contribution in [0, 0.1) is 0 Å². The molecule has 31 heavy (non-hydrogen) atoms. The number of anilines is 1. The Balaban J connectivity index is 1.51. The molecular weight excluding hydrogens is 392 g/mol. The minimum absolute atomic E-state index is 0.251. The molecule has 7 heteroatoms. The van der Waals surface area contributed by atoms with E-state index in [-0.39, 0.29) is 5.91 Å². The number of aromatic nitrogens is 3. The SMILES string of the molecule is COc1cc(NC(=O)c2cnc3c(c2)c(C2CC2)nn3-c2ccccc2)cc(OC)c1. The number of rotatable bonds is 6. The molecule has 0 bridgehead atoms. The lowest BCUT2D eigenvalue weighted by atomic mass is 10.1. The summed E-state index contributed by atoms with van der Waals surface area (Å²) in [4.78, 5) is 17.6. The molecule has 7 nitrogen and oxygen atoms in total. The van der Waals surface area contributed by atoms with E-state index in [2.05, 4.69) is 10.3 Å². The number of hydrogen-bond donors (Lipinski definition) is 1. The fourth-order valence-corrected chi connectivity index (χ4v) is 3.64. The highest BCUT2D eigenvalue weighted by Crippen LogP contribution is 2.42. The minimum Gasteiger partial charge on any atom is -0.497 e. The molecule has 2 aromatic heterocycles. The van der Waals surface area contributed by atoms with Gasteiger partial charge < -0.3 is 14.8 Å². The van der Waals surface area contributed by atoms with E-state index in [9.17, 15) is 4.79 Å². The second-order valence-corrected chi connectivity index (χ2v) is 7.56. The van der Waals surface area contributed by atoms with Crippen molar-refractivity contribution in [3.63, 3.8) is 0 Å². The molecule has 1 fully saturated rings. The molecule has 1 aliphatic carbocycles. The number of carbonyl (C=O) groups excluding carboxylic acids is 1. The highest BCUT2D eigenvalue weighted by atomic mass is 16.5. The molecule has 1 N–H and O–H groups in total. The normalized spacial score (nSPS) is 13.2. The van der Waals surface area contributed by atoms with E-state index in [1.54, 1.807) is 38.6 Å². The highest BCUT2D eigenvalue weighted by molar-refractivity contribution is 6.06. The van der Waals surface area contributed by atoms with Gasteiger partial charge in [0, 0.05) is 41.4 Å². The van der Waals surface area contributed by atoms with E-state index >= 15 is 0 Å². The Bertz CT molecular complexity index is 1240. The van der Waals surface area contributed by atoms with Gasteiger partial charge in [-0.3, -0.25) is 4.79 Å². The van der Waals surface area contributed by atoms with Crippen LogP contribution in [0.3, 0.4) is 0 Å². The first-order valence-electron chi connectivity index (χ1n) is 10.1. The number of nitrogens with one attached hydrogen (secondary N) is 1. The van der Waals surface area contributed by atoms with Gasteiger partial charge in [-0.25, -0.2) is 9.67 Å². The van der Waals surface area contributed by atoms with Crippen molar-refractivity contribution in [2.24, 2.45) is 0 Å². The van der Waals surface area contributed by atoms with E-state index in [4.69, 9.17) is 14.6 Å². The Morgan fingerprint density at radius 1 is 1.03 bits per heavy atom. The van der Waals surface area contributed by atoms with Crippen molar-refractivity contribution >= 4 is 22.6 Å². The van der Waals surface area contributed by atoms with E-state index < -0.39 is 0 Å². The Morgan fingerprint density at radius 3 is 2.39 bits per heavy atom. The smallest absolute Gasteiger partial charge is 0.257 e. The quantitative estimate of drug-likeness (QED) is 0.500. The third kappa shape index (κ3) is 3.70. The van der Waals surface area contributed by atoms with Crippen molar-refractivity contribution in [3.8, 4) is 17.2 Å². The number of carbonyl (C=O) groups is 1. The van der Waals surface area contributed by atoms with Gasteiger partial charge in [0.25, 0.3) is 5.91 Å². The number of pyridine rings is 1. The zero-order chi connectivity index (χ0) is 21.4. The molecule has 2 heterocycles. The van der Waals surface area contributed by atoms with Crippen LogP contribution in [0.1, 0.15) is 34.8 Å². The molecule has 0 aliphatic heterocycles. The predicted octanol–water partition coefficient (Wildman–Crippen LogP) is 4.57. The lowest BCUT2D eigenvalue weighted by molar-refractivity contribution is 0.102. The van der Waals surface area contributed by atoms with Crippen LogP contribution in [0.4, 0.5) is 5.69 Å². The summed E-state index contributed by atoms with van der Waals surface area (Å²) in [5, 5.41) is 8.67. The van der Waals surface area contributed by atoms with Crippen molar-refractivity contribution in [1.29, 1.82) is 0 Å². The third-order valence-corrected chi connectivity index (χ3v) is 5.39. The summed E-state index contributed by atoms with van der Waals surface area (Å²) in [6, 6.07) is 17.1. The number of fused-ring (bicyclic) bond motifs is 1. The molecule has 5 rings (SSSR count). The average Bonchev–Trinajstić information content (AvgIpc) is 3.59. The van der Waals surface area contributed by atoms with Crippen molar-refractivity contribution in [2.75, 3.05) is 19.5 Å². The van der Waals surface area contributed by atoms with Crippen LogP contribution in [0.25, 0.3) is 16.7 Å². The summed E-state index contributed by atoms with van der Waals surface area (Å²) in [6.07, 6.45) is 3.81. The maximum Gasteiger partial charge on any atom is 0.257 e. The number of methoxy groups -OCH3 is 2. The molecule has 1 saturated carbocycles. The van der Waals surface area contributed by atoms with Crippen LogP contribution >= 0.6 is 0 Å². The largest absolute Gasteiger partial charge is 0.497 e. The van der Waals surface area contributed by atoms with E-state index in [0.29, 0.717) is 28.7 Å². The number of para-hydroxylation sites is 1. The van der Waals surface area contributed by atoms with E-state index in [1.807, 2.05) is 41.1 Å². The molecule has 0 radical (unpaired) electrons. The maximum absolute atomic E-state index is 13.0. The predicted molar refractivity (Wildman–Crippen MR) is 118 cm³/mol.